The van der Waals surface area contributed by atoms with E-state index < -0.39 is 11.7 Å². The van der Waals surface area contributed by atoms with Crippen LogP contribution in [0.2, 0.25) is 0 Å². The topological polar surface area (TPSA) is 0 Å². The molecule has 1 atom stereocenters. The number of hydrogen-bond donors (Lipinski definition) is 0. The molecule has 2 rings (SSSR count). The predicted octanol–water partition coefficient (Wildman–Crippen LogP) is 6.48. The molecule has 0 heterocycles. The number of alkyl halides is 3. The van der Waals surface area contributed by atoms with Gasteiger partial charge < -0.3 is 0 Å². The highest BCUT2D eigenvalue weighted by molar-refractivity contribution is 5.68. The Morgan fingerprint density at radius 3 is 2.23 bits per heavy atom. The molecule has 0 aliphatic carbocycles. The van der Waals surface area contributed by atoms with Gasteiger partial charge in [-0.1, -0.05) is 56.2 Å². The normalized spacial score (nSPS) is 13.1. The maximum Gasteiger partial charge on any atom is 0.416 e. The van der Waals surface area contributed by atoms with Crippen LogP contribution in [0.1, 0.15) is 43.2 Å². The van der Waals surface area contributed by atoms with E-state index in [1.54, 1.807) is 0 Å². The van der Waals surface area contributed by atoms with E-state index in [0.29, 0.717) is 0 Å². The number of unbranched alkanes of at least 4 members (excludes halogenated alkanes) is 1. The van der Waals surface area contributed by atoms with E-state index in [2.05, 4.69) is 13.8 Å². The SMILES string of the molecule is [CH2]C(CCCC)c1ccccc1-c1ccc(C(F)(F)F)cc1. The maximum atomic E-state index is 12.7. The third-order valence-corrected chi connectivity index (χ3v) is 3.83. The van der Waals surface area contributed by atoms with Crippen molar-refractivity contribution in [3.63, 3.8) is 0 Å². The molecule has 117 valence electrons. The van der Waals surface area contributed by atoms with Gasteiger partial charge in [-0.25, -0.2) is 0 Å². The smallest absolute Gasteiger partial charge is 0.166 e. The molecule has 0 saturated heterocycles. The molecule has 0 amide bonds. The van der Waals surface area contributed by atoms with E-state index >= 15 is 0 Å². The van der Waals surface area contributed by atoms with E-state index in [1.165, 1.54) is 12.1 Å². The minimum Gasteiger partial charge on any atom is -0.166 e. The second kappa shape index (κ2) is 6.99. The largest absolute Gasteiger partial charge is 0.416 e. The monoisotopic (exact) mass is 305 g/mol. The van der Waals surface area contributed by atoms with Crippen LogP contribution in [0.15, 0.2) is 48.5 Å². The Labute approximate surface area is 130 Å². The van der Waals surface area contributed by atoms with Crippen molar-refractivity contribution in [2.24, 2.45) is 0 Å². The quantitative estimate of drug-likeness (QED) is 0.593. The van der Waals surface area contributed by atoms with Gasteiger partial charge >= 0.3 is 6.18 Å². The van der Waals surface area contributed by atoms with Gasteiger partial charge in [-0.15, -0.1) is 0 Å². The van der Waals surface area contributed by atoms with E-state index in [4.69, 9.17) is 0 Å². The van der Waals surface area contributed by atoms with Crippen LogP contribution >= 0.6 is 0 Å². The average molecular weight is 305 g/mol. The highest BCUT2D eigenvalue weighted by Crippen LogP contribution is 2.34. The van der Waals surface area contributed by atoms with Crippen molar-refractivity contribution >= 4 is 0 Å². The van der Waals surface area contributed by atoms with Crippen molar-refractivity contribution in [2.45, 2.75) is 38.3 Å². The lowest BCUT2D eigenvalue weighted by atomic mass is 9.88. The minimum atomic E-state index is -4.30. The first-order valence-electron chi connectivity index (χ1n) is 7.53. The van der Waals surface area contributed by atoms with Crippen LogP contribution in [0.25, 0.3) is 11.1 Å². The highest BCUT2D eigenvalue weighted by atomic mass is 19.4. The van der Waals surface area contributed by atoms with Crippen molar-refractivity contribution in [1.29, 1.82) is 0 Å². The summed E-state index contributed by atoms with van der Waals surface area (Å²) in [7, 11) is 0. The summed E-state index contributed by atoms with van der Waals surface area (Å²) in [6.07, 6.45) is -1.12. The van der Waals surface area contributed by atoms with Crippen molar-refractivity contribution in [3.8, 4) is 11.1 Å². The lowest BCUT2D eigenvalue weighted by molar-refractivity contribution is -0.137. The molecule has 2 aromatic carbocycles. The minimum absolute atomic E-state index is 0.151. The molecule has 0 nitrogen and oxygen atoms in total. The van der Waals surface area contributed by atoms with Gasteiger partial charge in [0.2, 0.25) is 0 Å². The molecule has 0 spiro atoms. The van der Waals surface area contributed by atoms with Crippen LogP contribution < -0.4 is 0 Å². The summed E-state index contributed by atoms with van der Waals surface area (Å²) in [6, 6.07) is 13.2. The highest BCUT2D eigenvalue weighted by Gasteiger charge is 2.30. The first-order chi connectivity index (χ1) is 10.4. The number of rotatable bonds is 5. The molecule has 2 aromatic rings. The summed E-state index contributed by atoms with van der Waals surface area (Å²) in [5.74, 6) is 0.151. The molecule has 0 N–H and O–H groups in total. The van der Waals surface area contributed by atoms with Gasteiger partial charge in [-0.2, -0.15) is 13.2 Å². The van der Waals surface area contributed by atoms with Crippen LogP contribution in [-0.4, -0.2) is 0 Å². The molecule has 0 aliphatic heterocycles. The number of benzene rings is 2. The van der Waals surface area contributed by atoms with Gasteiger partial charge in [0.05, 0.1) is 5.56 Å². The van der Waals surface area contributed by atoms with E-state index in [-0.39, 0.29) is 5.92 Å². The number of hydrogen-bond acceptors (Lipinski definition) is 0. The van der Waals surface area contributed by atoms with E-state index in [0.717, 1.165) is 48.1 Å². The Bertz CT molecular complexity index is 597. The van der Waals surface area contributed by atoms with Crippen molar-refractivity contribution < 1.29 is 13.2 Å². The first kappa shape index (κ1) is 16.6. The fourth-order valence-electron chi connectivity index (χ4n) is 2.56. The zero-order valence-corrected chi connectivity index (χ0v) is 12.7. The van der Waals surface area contributed by atoms with Crippen LogP contribution in [0.5, 0.6) is 0 Å². The van der Waals surface area contributed by atoms with E-state index in [9.17, 15) is 13.2 Å². The molecule has 0 fully saturated rings. The molecular formula is C19H20F3. The summed E-state index contributed by atoms with van der Waals surface area (Å²) >= 11 is 0. The summed E-state index contributed by atoms with van der Waals surface area (Å²) in [5.41, 5.74) is 2.24. The molecule has 0 aromatic heterocycles. The van der Waals surface area contributed by atoms with Crippen molar-refractivity contribution in [2.75, 3.05) is 0 Å². The van der Waals surface area contributed by atoms with Crippen LogP contribution in [-0.2, 0) is 6.18 Å². The molecule has 0 aliphatic rings. The lowest BCUT2D eigenvalue weighted by Crippen LogP contribution is -2.04. The Kier molecular flexibility index (Phi) is 5.28. The first-order valence-corrected chi connectivity index (χ1v) is 7.53. The Morgan fingerprint density at radius 2 is 1.64 bits per heavy atom. The van der Waals surface area contributed by atoms with Crippen LogP contribution in [0.3, 0.4) is 0 Å². The van der Waals surface area contributed by atoms with Gasteiger partial charge in [0.25, 0.3) is 0 Å². The third-order valence-electron chi connectivity index (χ3n) is 3.83. The Morgan fingerprint density at radius 1 is 1.00 bits per heavy atom. The van der Waals surface area contributed by atoms with Gasteiger partial charge in [0, 0.05) is 0 Å². The van der Waals surface area contributed by atoms with Gasteiger partial charge in [-0.3, -0.25) is 0 Å². The van der Waals surface area contributed by atoms with Gasteiger partial charge in [0.1, 0.15) is 0 Å². The van der Waals surface area contributed by atoms with E-state index in [1.807, 2.05) is 24.3 Å². The standard InChI is InChI=1S/C19H20F3/c1-3-4-7-14(2)17-8-5-6-9-18(17)15-10-12-16(13-11-15)19(20,21)22/h5-6,8-14H,2-4,7H2,1H3. The summed E-state index contributed by atoms with van der Waals surface area (Å²) in [5, 5.41) is 0. The zero-order valence-electron chi connectivity index (χ0n) is 12.7. The summed E-state index contributed by atoms with van der Waals surface area (Å²) in [4.78, 5) is 0. The van der Waals surface area contributed by atoms with Gasteiger partial charge in [0.15, 0.2) is 0 Å². The fraction of sp³-hybridized carbons (Fsp3) is 0.316. The predicted molar refractivity (Wildman–Crippen MR) is 84.5 cm³/mol. The summed E-state index contributed by atoms with van der Waals surface area (Å²) < 4.78 is 38.0. The third kappa shape index (κ3) is 3.90. The molecule has 22 heavy (non-hydrogen) atoms. The fourth-order valence-corrected chi connectivity index (χ4v) is 2.56. The molecular weight excluding hydrogens is 285 g/mol. The number of halogens is 3. The second-order valence-electron chi connectivity index (χ2n) is 5.50. The maximum absolute atomic E-state index is 12.7. The Balaban J connectivity index is 2.33. The van der Waals surface area contributed by atoms with Crippen LogP contribution in [0, 0.1) is 6.92 Å². The second-order valence-corrected chi connectivity index (χ2v) is 5.50. The molecule has 3 heteroatoms. The molecule has 0 saturated carbocycles. The van der Waals surface area contributed by atoms with Crippen molar-refractivity contribution in [3.05, 3.63) is 66.6 Å². The van der Waals surface area contributed by atoms with Crippen molar-refractivity contribution in [1.82, 2.24) is 0 Å². The van der Waals surface area contributed by atoms with Gasteiger partial charge in [-0.05, 0) is 48.1 Å². The molecule has 1 radical (unpaired) electrons. The Hall–Kier alpha value is -1.77. The summed E-state index contributed by atoms with van der Waals surface area (Å²) in [6.45, 7) is 6.34. The lowest BCUT2D eigenvalue weighted by Gasteiger charge is -2.17. The zero-order chi connectivity index (χ0) is 16.2. The van der Waals surface area contributed by atoms with Crippen LogP contribution in [0.4, 0.5) is 13.2 Å². The molecule has 1 unspecified atom stereocenters. The molecule has 0 bridgehead atoms. The average Bonchev–Trinajstić information content (AvgIpc) is 2.52.